The summed E-state index contributed by atoms with van der Waals surface area (Å²) in [5, 5.41) is 48.3. The number of hydrogen-bond donors (Lipinski definition) is 2. The van der Waals surface area contributed by atoms with E-state index in [4.69, 9.17) is 4.98 Å². The molecule has 0 amide bonds. The second-order valence-corrected chi connectivity index (χ2v) is 17.2. The standard InChI is InChI=1S/C56H39B2N5O2S/c1-37(2)46(35-59)54-50-51(53(39-29-33-45(65)34-30-39)62(54)57(40-17-7-3-8-18-40)41-19-9-4-10-20-41)55(47(36-60)56-61-48-25-15-16-26-49(48)66-56)63(52(50)38-27-31-44(64)32-28-38)58(42-21-11-5-12-22-42)43-23-13-6-14-24-43/h3-34,64-65H,1H2,2H3/b54-46-,55-47-. The van der Waals surface area contributed by atoms with Crippen LogP contribution in [0.2, 0.25) is 0 Å². The zero-order valence-electron chi connectivity index (χ0n) is 35.9. The fraction of sp³-hybridized carbons (Fsp3) is 0.0179. The molecule has 0 atom stereocenters. The molecule has 3 heterocycles. The largest absolute Gasteiger partial charge is 0.508 e. The summed E-state index contributed by atoms with van der Waals surface area (Å²) in [5.41, 5.74) is 8.80. The molecular weight excluding hydrogens is 828 g/mol. The quantitative estimate of drug-likeness (QED) is 0.135. The number of aromatic hydroxyl groups is 2. The Morgan fingerprint density at radius 2 is 0.924 bits per heavy atom. The van der Waals surface area contributed by atoms with Gasteiger partial charge in [-0.2, -0.15) is 10.5 Å². The molecular formula is C56H39B2N5O2S. The van der Waals surface area contributed by atoms with Gasteiger partial charge in [-0.1, -0.05) is 162 Å². The van der Waals surface area contributed by atoms with Crippen molar-refractivity contribution < 1.29 is 10.2 Å². The zero-order valence-corrected chi connectivity index (χ0v) is 36.7. The Morgan fingerprint density at radius 1 is 0.530 bits per heavy atom. The molecule has 0 saturated carbocycles. The van der Waals surface area contributed by atoms with Crippen LogP contribution in [0.5, 0.6) is 11.5 Å². The monoisotopic (exact) mass is 867 g/mol. The molecule has 0 saturated heterocycles. The molecule has 0 aliphatic heterocycles. The average Bonchev–Trinajstić information content (AvgIpc) is 4.02. The Hall–Kier alpha value is -8.56. The van der Waals surface area contributed by atoms with Gasteiger partial charge in [0.25, 0.3) is 0 Å². The molecule has 0 spiro atoms. The lowest BCUT2D eigenvalue weighted by Crippen LogP contribution is -2.54. The number of aromatic nitrogens is 3. The van der Waals surface area contributed by atoms with Crippen LogP contribution in [-0.2, 0) is 0 Å². The van der Waals surface area contributed by atoms with Crippen molar-refractivity contribution in [1.82, 2.24) is 13.9 Å². The SMILES string of the molecule is C=C(C)/C(C#N)=c1/c2c(-c3ccc(O)cc3)n(B(c3ccccc3)c3ccccc3)/c(=C(/C#N)c3nc4ccccc4s3)c2c(-c2ccc(O)cc2)n1B(c1ccccc1)c1ccccc1. The number of para-hydroxylation sites is 1. The van der Waals surface area contributed by atoms with Gasteiger partial charge in [-0.25, -0.2) is 4.98 Å². The molecule has 312 valence electrons. The van der Waals surface area contributed by atoms with E-state index in [1.54, 1.807) is 24.3 Å². The third-order valence-electron chi connectivity index (χ3n) is 12.1. The second-order valence-electron chi connectivity index (χ2n) is 16.2. The number of nitriles is 2. The van der Waals surface area contributed by atoms with Gasteiger partial charge in [0, 0.05) is 22.2 Å². The van der Waals surface area contributed by atoms with Crippen molar-refractivity contribution in [2.45, 2.75) is 6.92 Å². The van der Waals surface area contributed by atoms with Crippen LogP contribution in [0.3, 0.4) is 0 Å². The Bertz CT molecular complexity index is 3490. The van der Waals surface area contributed by atoms with Crippen LogP contribution in [0, 0.1) is 22.7 Å². The summed E-state index contributed by atoms with van der Waals surface area (Å²) < 4.78 is 5.42. The van der Waals surface area contributed by atoms with Crippen LogP contribution >= 0.6 is 11.3 Å². The van der Waals surface area contributed by atoms with Crippen LogP contribution in [0.4, 0.5) is 0 Å². The normalized spacial score (nSPS) is 12.0. The van der Waals surface area contributed by atoms with Crippen molar-refractivity contribution in [3.05, 3.63) is 222 Å². The molecule has 3 aromatic heterocycles. The van der Waals surface area contributed by atoms with E-state index >= 15 is 0 Å². The molecule has 7 nitrogen and oxygen atoms in total. The summed E-state index contributed by atoms with van der Waals surface area (Å²) in [6.45, 7) is 5.25. The number of phenolic OH excluding ortho intramolecular Hbond substituents is 2. The first-order valence-electron chi connectivity index (χ1n) is 21.5. The van der Waals surface area contributed by atoms with E-state index in [1.165, 1.54) is 11.3 Å². The van der Waals surface area contributed by atoms with Crippen LogP contribution in [0.1, 0.15) is 11.9 Å². The number of thiazole rings is 1. The van der Waals surface area contributed by atoms with E-state index in [0.717, 1.165) is 43.2 Å². The highest BCUT2D eigenvalue weighted by Gasteiger charge is 2.37. The Morgan fingerprint density at radius 3 is 1.32 bits per heavy atom. The van der Waals surface area contributed by atoms with Crippen LogP contribution in [0.25, 0.3) is 54.7 Å². The van der Waals surface area contributed by atoms with Crippen molar-refractivity contribution in [2.75, 3.05) is 0 Å². The Kier molecular flexibility index (Phi) is 11.0. The second kappa shape index (κ2) is 17.5. The van der Waals surface area contributed by atoms with Crippen molar-refractivity contribution in [3.8, 4) is 46.2 Å². The van der Waals surface area contributed by atoms with Gasteiger partial charge >= 0.3 is 13.7 Å². The number of phenols is 2. The number of hydrogen-bond acceptors (Lipinski definition) is 6. The van der Waals surface area contributed by atoms with E-state index < -0.39 is 13.7 Å². The molecule has 10 heteroatoms. The maximum Gasteiger partial charge on any atom is 0.328 e. The molecule has 0 bridgehead atoms. The van der Waals surface area contributed by atoms with Gasteiger partial charge in [0.1, 0.15) is 34.2 Å². The summed E-state index contributed by atoms with van der Waals surface area (Å²) in [5.74, 6) is 0.188. The summed E-state index contributed by atoms with van der Waals surface area (Å²) in [6, 6.07) is 68.3. The van der Waals surface area contributed by atoms with Gasteiger partial charge in [0.05, 0.1) is 26.5 Å². The van der Waals surface area contributed by atoms with Gasteiger partial charge in [0.15, 0.2) is 0 Å². The Balaban J connectivity index is 1.59. The topological polar surface area (TPSA) is 111 Å². The molecule has 0 unspecified atom stereocenters. The minimum absolute atomic E-state index is 0.0942. The summed E-state index contributed by atoms with van der Waals surface area (Å²) >= 11 is 1.45. The lowest BCUT2D eigenvalue weighted by atomic mass is 9.50. The highest BCUT2D eigenvalue weighted by Crippen LogP contribution is 2.38. The van der Waals surface area contributed by atoms with Gasteiger partial charge in [0.2, 0.25) is 0 Å². The summed E-state index contributed by atoms with van der Waals surface area (Å²) in [4.78, 5) is 5.16. The predicted octanol–water partition coefficient (Wildman–Crippen LogP) is 8.08. The highest BCUT2D eigenvalue weighted by atomic mass is 32.1. The number of benzene rings is 7. The highest BCUT2D eigenvalue weighted by molar-refractivity contribution is 7.19. The Labute approximate surface area is 386 Å². The molecule has 66 heavy (non-hydrogen) atoms. The van der Waals surface area contributed by atoms with Gasteiger partial charge in [-0.05, 0) is 84.3 Å². The lowest BCUT2D eigenvalue weighted by molar-refractivity contribution is 0.475. The maximum absolute atomic E-state index is 11.9. The first-order valence-corrected chi connectivity index (χ1v) is 22.3. The van der Waals surface area contributed by atoms with E-state index in [9.17, 15) is 20.7 Å². The maximum atomic E-state index is 11.9. The van der Waals surface area contributed by atoms with Crippen LogP contribution in [0.15, 0.2) is 206 Å². The van der Waals surface area contributed by atoms with E-state index in [-0.39, 0.29) is 11.5 Å². The molecule has 10 rings (SSSR count). The summed E-state index contributed by atoms with van der Waals surface area (Å²) in [7, 11) is 0. The average molecular weight is 868 g/mol. The molecule has 0 fully saturated rings. The van der Waals surface area contributed by atoms with E-state index in [0.29, 0.717) is 54.6 Å². The van der Waals surface area contributed by atoms with E-state index in [1.807, 2.05) is 128 Å². The number of fused-ring (bicyclic) bond motifs is 2. The van der Waals surface area contributed by atoms with Crippen molar-refractivity contribution in [1.29, 1.82) is 10.5 Å². The van der Waals surface area contributed by atoms with Crippen molar-refractivity contribution >= 4 is 79.0 Å². The number of rotatable bonds is 10. The molecule has 2 N–H and O–H groups in total. The molecule has 0 radical (unpaired) electrons. The van der Waals surface area contributed by atoms with Crippen LogP contribution < -0.4 is 32.5 Å². The molecule has 7 aromatic carbocycles. The predicted molar refractivity (Wildman–Crippen MR) is 272 cm³/mol. The van der Waals surface area contributed by atoms with Gasteiger partial charge in [-0.3, -0.25) is 0 Å². The number of nitrogens with zero attached hydrogens (tertiary/aromatic N) is 5. The van der Waals surface area contributed by atoms with Gasteiger partial charge < -0.3 is 19.2 Å². The van der Waals surface area contributed by atoms with Crippen LogP contribution in [-0.4, -0.2) is 37.8 Å². The minimum Gasteiger partial charge on any atom is -0.508 e. The summed E-state index contributed by atoms with van der Waals surface area (Å²) in [6.07, 6.45) is 0. The number of allylic oxidation sites excluding steroid dienone is 1. The first kappa shape index (κ1) is 41.5. The molecule has 0 aliphatic rings. The third-order valence-corrected chi connectivity index (χ3v) is 13.1. The molecule has 0 aliphatic carbocycles. The fourth-order valence-corrected chi connectivity index (χ4v) is 10.2. The van der Waals surface area contributed by atoms with E-state index in [2.05, 4.69) is 76.2 Å². The minimum atomic E-state index is -0.528. The third kappa shape index (κ3) is 7.26. The van der Waals surface area contributed by atoms with Gasteiger partial charge in [-0.15, -0.1) is 11.3 Å². The van der Waals surface area contributed by atoms with Crippen molar-refractivity contribution in [3.63, 3.8) is 0 Å². The lowest BCUT2D eigenvalue weighted by Gasteiger charge is -2.24. The van der Waals surface area contributed by atoms with Crippen molar-refractivity contribution in [2.24, 2.45) is 0 Å². The fourth-order valence-electron chi connectivity index (χ4n) is 9.27. The smallest absolute Gasteiger partial charge is 0.328 e. The molecule has 10 aromatic rings. The first-order chi connectivity index (χ1) is 32.4. The zero-order chi connectivity index (χ0) is 45.3.